The summed E-state index contributed by atoms with van der Waals surface area (Å²) < 4.78 is 12.9. The normalized spacial score (nSPS) is 17.9. The molecule has 0 aromatic heterocycles. The lowest BCUT2D eigenvalue weighted by Crippen LogP contribution is -2.39. The number of carbonyl (C=O) groups excluding carboxylic acids is 2. The van der Waals surface area contributed by atoms with E-state index in [1.54, 1.807) is 36.4 Å². The van der Waals surface area contributed by atoms with Crippen molar-refractivity contribution in [3.63, 3.8) is 0 Å². The van der Waals surface area contributed by atoms with E-state index in [4.69, 9.17) is 15.2 Å². The van der Waals surface area contributed by atoms with Gasteiger partial charge in [-0.3, -0.25) is 9.59 Å². The highest BCUT2D eigenvalue weighted by atomic mass is 16.7. The summed E-state index contributed by atoms with van der Waals surface area (Å²) in [5.74, 6) is -0.0945. The lowest BCUT2D eigenvalue weighted by molar-refractivity contribution is -0.252. The zero-order chi connectivity index (χ0) is 36.2. The summed E-state index contributed by atoms with van der Waals surface area (Å²) in [6.45, 7) is 0.833. The van der Waals surface area contributed by atoms with Gasteiger partial charge in [-0.1, -0.05) is 67.1 Å². The molecule has 270 valence electrons. The molecule has 4 aromatic carbocycles. The quantitative estimate of drug-likeness (QED) is 0.0590. The predicted octanol–water partition coefficient (Wildman–Crippen LogP) is 6.21. The number of benzene rings is 4. The number of ether oxygens (including phenoxy) is 2. The molecule has 1 fully saturated rings. The van der Waals surface area contributed by atoms with Crippen molar-refractivity contribution in [1.82, 2.24) is 4.90 Å². The van der Waals surface area contributed by atoms with Crippen molar-refractivity contribution in [3.05, 3.63) is 119 Å². The van der Waals surface area contributed by atoms with E-state index < -0.39 is 12.4 Å². The first-order chi connectivity index (χ1) is 24.7. The molecule has 5 rings (SSSR count). The van der Waals surface area contributed by atoms with Crippen LogP contribution in [0.5, 0.6) is 5.75 Å². The molecule has 1 aliphatic rings. The maximum atomic E-state index is 12.6. The van der Waals surface area contributed by atoms with E-state index in [-0.39, 0.29) is 36.4 Å². The monoisotopic (exact) mass is 696 g/mol. The van der Waals surface area contributed by atoms with Crippen molar-refractivity contribution in [3.8, 4) is 5.75 Å². The lowest BCUT2D eigenvalue weighted by atomic mass is 9.99. The highest BCUT2D eigenvalue weighted by Gasteiger charge is 2.33. The van der Waals surface area contributed by atoms with Gasteiger partial charge in [0.05, 0.1) is 36.3 Å². The van der Waals surface area contributed by atoms with Gasteiger partial charge < -0.3 is 46.1 Å². The van der Waals surface area contributed by atoms with Gasteiger partial charge in [-0.15, -0.1) is 0 Å². The molecule has 1 saturated heterocycles. The minimum atomic E-state index is -0.783. The zero-order valence-corrected chi connectivity index (χ0v) is 28.9. The number of para-hydroxylation sites is 2. The largest absolute Gasteiger partial charge is 0.508 e. The second-order valence-electron chi connectivity index (χ2n) is 13.0. The second kappa shape index (κ2) is 18.5. The Kier molecular flexibility index (Phi) is 13.6. The summed E-state index contributed by atoms with van der Waals surface area (Å²) in [7, 11) is 1.92. The molecule has 0 bridgehead atoms. The van der Waals surface area contributed by atoms with Crippen molar-refractivity contribution in [2.45, 2.75) is 69.7 Å². The number of aliphatic hydroxyl groups is 2. The number of amides is 2. The molecule has 1 heterocycles. The fourth-order valence-electron chi connectivity index (χ4n) is 6.11. The van der Waals surface area contributed by atoms with Crippen molar-refractivity contribution < 1.29 is 34.4 Å². The van der Waals surface area contributed by atoms with E-state index in [1.165, 1.54) is 0 Å². The highest BCUT2D eigenvalue weighted by Crippen LogP contribution is 2.38. The van der Waals surface area contributed by atoms with Crippen LogP contribution in [0.15, 0.2) is 97.1 Å². The van der Waals surface area contributed by atoms with E-state index >= 15 is 0 Å². The zero-order valence-electron chi connectivity index (χ0n) is 28.9. The number of hydrogen-bond donors (Lipinski definition) is 6. The Bertz CT molecular complexity index is 1720. The Morgan fingerprint density at radius 3 is 2.24 bits per heavy atom. The maximum absolute atomic E-state index is 12.6. The first kappa shape index (κ1) is 37.5. The summed E-state index contributed by atoms with van der Waals surface area (Å²) >= 11 is 0. The van der Waals surface area contributed by atoms with Gasteiger partial charge in [0.1, 0.15) is 5.75 Å². The third-order valence-electron chi connectivity index (χ3n) is 8.88. The van der Waals surface area contributed by atoms with Gasteiger partial charge in [0.15, 0.2) is 6.29 Å². The van der Waals surface area contributed by atoms with Crippen LogP contribution in [-0.4, -0.2) is 58.3 Å². The number of nitrogens with one attached hydrogen (secondary N) is 2. The minimum absolute atomic E-state index is 0.0421. The van der Waals surface area contributed by atoms with Crippen LogP contribution in [0.4, 0.5) is 17.1 Å². The van der Waals surface area contributed by atoms with Gasteiger partial charge >= 0.3 is 0 Å². The average molecular weight is 697 g/mol. The third-order valence-corrected chi connectivity index (χ3v) is 8.88. The van der Waals surface area contributed by atoms with Crippen LogP contribution in [0.1, 0.15) is 79.3 Å². The maximum Gasteiger partial charge on any atom is 0.224 e. The molecule has 0 saturated carbocycles. The molecule has 11 heteroatoms. The van der Waals surface area contributed by atoms with Crippen molar-refractivity contribution in [1.29, 1.82) is 0 Å². The SMILES string of the molecule is CN(C[C@H]1C[C@@H](c2ccc(CO)cc2)O[C@@H](c2ccc(NC(=O)CCCCCC(=O)Nc3ccccc3N)cc2)O1)C[C@@H](O)c1cccc(O)c1. The van der Waals surface area contributed by atoms with Gasteiger partial charge in [-0.25, -0.2) is 0 Å². The summed E-state index contributed by atoms with van der Waals surface area (Å²) in [5, 5.41) is 35.9. The molecule has 0 spiro atoms. The first-order valence-corrected chi connectivity index (χ1v) is 17.4. The smallest absolute Gasteiger partial charge is 0.224 e. The average Bonchev–Trinajstić information content (AvgIpc) is 3.12. The van der Waals surface area contributed by atoms with Crippen LogP contribution in [-0.2, 0) is 25.7 Å². The Labute approximate surface area is 299 Å². The van der Waals surface area contributed by atoms with Crippen LogP contribution in [0.3, 0.4) is 0 Å². The molecule has 0 radical (unpaired) electrons. The van der Waals surface area contributed by atoms with Crippen molar-refractivity contribution in [2.75, 3.05) is 36.5 Å². The number of phenols is 1. The number of aliphatic hydroxyl groups excluding tert-OH is 2. The molecule has 4 atom stereocenters. The molecule has 11 nitrogen and oxygen atoms in total. The van der Waals surface area contributed by atoms with E-state index in [1.807, 2.05) is 72.6 Å². The standard InChI is InChI=1S/C40H48N4O7/c1-44(25-36(47)30-8-7-9-32(46)22-30)24-33-23-37(28-16-14-27(26-45)15-17-28)51-40(50-33)29-18-20-31(21-19-29)42-38(48)12-3-2-4-13-39(49)43-35-11-6-5-10-34(35)41/h5-11,14-22,33,36-37,40,45-47H,2-4,12-13,23-26,41H2,1H3,(H,42,48)(H,43,49)/t33-,36-,37+,40+/m1/s1. The number of nitrogen functional groups attached to an aromatic ring is 1. The molecule has 7 N–H and O–H groups in total. The predicted molar refractivity (Wildman–Crippen MR) is 197 cm³/mol. The Morgan fingerprint density at radius 1 is 0.863 bits per heavy atom. The fourth-order valence-corrected chi connectivity index (χ4v) is 6.11. The van der Waals surface area contributed by atoms with Crippen LogP contribution in [0, 0.1) is 0 Å². The Balaban J connectivity index is 1.13. The fraction of sp³-hybridized carbons (Fsp3) is 0.350. The lowest BCUT2D eigenvalue weighted by Gasteiger charge is -2.38. The number of nitrogens with two attached hydrogens (primary N) is 1. The molecule has 1 aliphatic heterocycles. The number of rotatable bonds is 16. The van der Waals surface area contributed by atoms with Crippen LogP contribution < -0.4 is 16.4 Å². The van der Waals surface area contributed by atoms with Crippen molar-refractivity contribution >= 4 is 28.9 Å². The number of carbonyl (C=O) groups is 2. The number of hydrogen-bond acceptors (Lipinski definition) is 9. The van der Waals surface area contributed by atoms with Crippen LogP contribution in [0.25, 0.3) is 0 Å². The second-order valence-corrected chi connectivity index (χ2v) is 13.0. The molecule has 51 heavy (non-hydrogen) atoms. The number of nitrogens with zero attached hydrogens (tertiary/aromatic N) is 1. The Morgan fingerprint density at radius 2 is 1.55 bits per heavy atom. The summed E-state index contributed by atoms with van der Waals surface area (Å²) in [6.07, 6.45) is 1.41. The van der Waals surface area contributed by atoms with Gasteiger partial charge in [0.2, 0.25) is 11.8 Å². The molecular weight excluding hydrogens is 648 g/mol. The van der Waals surface area contributed by atoms with Gasteiger partial charge in [-0.05, 0) is 73.0 Å². The third kappa shape index (κ3) is 11.4. The molecular formula is C40H48N4O7. The number of anilines is 3. The van der Waals surface area contributed by atoms with Crippen molar-refractivity contribution in [2.24, 2.45) is 0 Å². The summed E-state index contributed by atoms with van der Waals surface area (Å²) in [4.78, 5) is 26.9. The van der Waals surface area contributed by atoms with Gasteiger partial charge in [0, 0.05) is 43.6 Å². The van der Waals surface area contributed by atoms with E-state index in [0.717, 1.165) is 23.1 Å². The van der Waals surface area contributed by atoms with Crippen LogP contribution in [0.2, 0.25) is 0 Å². The van der Waals surface area contributed by atoms with Gasteiger partial charge in [0.25, 0.3) is 0 Å². The topological polar surface area (TPSA) is 167 Å². The Hall–Kier alpha value is -4.78. The molecule has 2 amide bonds. The molecule has 0 aliphatic carbocycles. The summed E-state index contributed by atoms with van der Waals surface area (Å²) in [5.41, 5.74) is 10.9. The van der Waals surface area contributed by atoms with E-state index in [2.05, 4.69) is 10.6 Å². The number of aromatic hydroxyl groups is 1. The minimum Gasteiger partial charge on any atom is -0.508 e. The number of unbranched alkanes of at least 4 members (excludes halogenated alkanes) is 2. The first-order valence-electron chi connectivity index (χ1n) is 17.4. The van der Waals surface area contributed by atoms with E-state index in [9.17, 15) is 24.9 Å². The highest BCUT2D eigenvalue weighted by molar-refractivity contribution is 5.93. The number of phenolic OH excluding ortho intramolecular Hbond substituents is 1. The number of likely N-dealkylation sites (N-methyl/N-ethyl adjacent to an activating group) is 1. The van der Waals surface area contributed by atoms with E-state index in [0.29, 0.717) is 67.8 Å². The molecule has 4 aromatic rings. The molecule has 0 unspecified atom stereocenters. The van der Waals surface area contributed by atoms with Crippen LogP contribution >= 0.6 is 0 Å². The summed E-state index contributed by atoms with van der Waals surface area (Å²) in [6, 6.07) is 28.8. The van der Waals surface area contributed by atoms with Gasteiger partial charge in [-0.2, -0.15) is 0 Å².